The summed E-state index contributed by atoms with van der Waals surface area (Å²) < 4.78 is 9.85. The lowest BCUT2D eigenvalue weighted by atomic mass is 9.93. The number of hydrogen-bond acceptors (Lipinski definition) is 4. The monoisotopic (exact) mass is 229 g/mol. The van der Waals surface area contributed by atoms with Crippen LogP contribution >= 0.6 is 0 Å². The third-order valence-corrected chi connectivity index (χ3v) is 2.79. The Morgan fingerprint density at radius 3 is 2.62 bits per heavy atom. The Labute approximate surface area is 95.5 Å². The molecular weight excluding hydrogens is 210 g/mol. The second kappa shape index (κ2) is 6.48. The first kappa shape index (κ1) is 13.0. The van der Waals surface area contributed by atoms with Crippen molar-refractivity contribution >= 4 is 11.9 Å². The van der Waals surface area contributed by atoms with Gasteiger partial charge in [-0.05, 0) is 32.6 Å². The van der Waals surface area contributed by atoms with E-state index in [1.54, 1.807) is 6.92 Å². The van der Waals surface area contributed by atoms with E-state index in [2.05, 4.69) is 10.1 Å². The number of nitrogens with one attached hydrogen (secondary N) is 1. The summed E-state index contributed by atoms with van der Waals surface area (Å²) >= 11 is 0. The van der Waals surface area contributed by atoms with Gasteiger partial charge >= 0.3 is 11.9 Å². The third kappa shape index (κ3) is 3.81. The highest BCUT2D eigenvalue weighted by atomic mass is 16.5. The standard InChI is InChI=1S/C11H19NO4/c1-3-16-11(14)10(13)12-8(2)9-4-6-15-7-5-9/h8-9H,3-7H2,1-2H3,(H,12,13). The lowest BCUT2D eigenvalue weighted by Gasteiger charge is -2.27. The minimum atomic E-state index is -0.804. The Hall–Kier alpha value is -1.10. The van der Waals surface area contributed by atoms with E-state index in [-0.39, 0.29) is 12.6 Å². The molecule has 0 aromatic heterocycles. The van der Waals surface area contributed by atoms with Gasteiger partial charge in [-0.1, -0.05) is 0 Å². The summed E-state index contributed by atoms with van der Waals surface area (Å²) in [5.74, 6) is -1.07. The largest absolute Gasteiger partial charge is 0.459 e. The number of carbonyl (C=O) groups excluding carboxylic acids is 2. The summed E-state index contributed by atoms with van der Waals surface area (Å²) in [5.41, 5.74) is 0. The van der Waals surface area contributed by atoms with Crippen LogP contribution in [0.25, 0.3) is 0 Å². The van der Waals surface area contributed by atoms with Crippen LogP contribution in [0, 0.1) is 5.92 Å². The third-order valence-electron chi connectivity index (χ3n) is 2.79. The van der Waals surface area contributed by atoms with Crippen molar-refractivity contribution in [2.24, 2.45) is 5.92 Å². The van der Waals surface area contributed by atoms with E-state index in [9.17, 15) is 9.59 Å². The van der Waals surface area contributed by atoms with E-state index >= 15 is 0 Å². The molecule has 1 atom stereocenters. The van der Waals surface area contributed by atoms with Gasteiger partial charge in [-0.2, -0.15) is 0 Å². The van der Waals surface area contributed by atoms with Gasteiger partial charge in [0.15, 0.2) is 0 Å². The Kier molecular flexibility index (Phi) is 5.25. The predicted molar refractivity (Wildman–Crippen MR) is 57.8 cm³/mol. The van der Waals surface area contributed by atoms with E-state index < -0.39 is 11.9 Å². The summed E-state index contributed by atoms with van der Waals surface area (Å²) in [7, 11) is 0. The summed E-state index contributed by atoms with van der Waals surface area (Å²) in [4.78, 5) is 22.5. The normalized spacial score (nSPS) is 18.9. The molecule has 0 spiro atoms. The molecule has 0 saturated carbocycles. The van der Waals surface area contributed by atoms with Gasteiger partial charge in [0.1, 0.15) is 0 Å². The minimum Gasteiger partial charge on any atom is -0.459 e. The Morgan fingerprint density at radius 1 is 1.44 bits per heavy atom. The number of carbonyl (C=O) groups is 2. The zero-order valence-electron chi connectivity index (χ0n) is 9.82. The van der Waals surface area contributed by atoms with E-state index in [4.69, 9.17) is 4.74 Å². The molecular formula is C11H19NO4. The molecule has 0 aromatic carbocycles. The molecule has 0 radical (unpaired) electrons. The molecule has 1 aliphatic heterocycles. The maximum absolute atomic E-state index is 11.4. The second-order valence-electron chi connectivity index (χ2n) is 3.93. The fraction of sp³-hybridized carbons (Fsp3) is 0.818. The van der Waals surface area contributed by atoms with Crippen molar-refractivity contribution in [2.75, 3.05) is 19.8 Å². The lowest BCUT2D eigenvalue weighted by Crippen LogP contribution is -2.43. The van der Waals surface area contributed by atoms with E-state index in [0.29, 0.717) is 5.92 Å². The maximum atomic E-state index is 11.4. The SMILES string of the molecule is CCOC(=O)C(=O)NC(C)C1CCOCC1. The summed E-state index contributed by atoms with van der Waals surface area (Å²) in [5, 5.41) is 2.67. The molecule has 5 heteroatoms. The quantitative estimate of drug-likeness (QED) is 0.564. The average Bonchev–Trinajstić information content (AvgIpc) is 2.30. The smallest absolute Gasteiger partial charge is 0.396 e. The van der Waals surface area contributed by atoms with Gasteiger partial charge in [0.2, 0.25) is 0 Å². The van der Waals surface area contributed by atoms with Crippen LogP contribution in [0.2, 0.25) is 0 Å². The molecule has 1 aliphatic rings. The molecule has 1 unspecified atom stereocenters. The molecule has 5 nitrogen and oxygen atoms in total. The predicted octanol–water partition coefficient (Wildman–Crippen LogP) is 0.481. The van der Waals surface area contributed by atoms with Gasteiger partial charge in [-0.3, -0.25) is 4.79 Å². The summed E-state index contributed by atoms with van der Waals surface area (Å²) in [6, 6.07) is -0.0131. The number of rotatable bonds is 3. The van der Waals surface area contributed by atoms with Gasteiger partial charge in [-0.25, -0.2) is 4.79 Å². The number of hydrogen-bond donors (Lipinski definition) is 1. The van der Waals surface area contributed by atoms with Crippen LogP contribution < -0.4 is 5.32 Å². The van der Waals surface area contributed by atoms with Crippen molar-refractivity contribution in [2.45, 2.75) is 32.7 Å². The summed E-state index contributed by atoms with van der Waals surface area (Å²) in [6.45, 7) is 5.26. The molecule has 1 amide bonds. The highest BCUT2D eigenvalue weighted by molar-refractivity contribution is 6.32. The van der Waals surface area contributed by atoms with Crippen molar-refractivity contribution in [3.63, 3.8) is 0 Å². The van der Waals surface area contributed by atoms with Crippen LogP contribution in [0.4, 0.5) is 0 Å². The van der Waals surface area contributed by atoms with Crippen LogP contribution in [0.3, 0.4) is 0 Å². The van der Waals surface area contributed by atoms with Crippen LogP contribution in [-0.2, 0) is 19.1 Å². The second-order valence-corrected chi connectivity index (χ2v) is 3.93. The fourth-order valence-corrected chi connectivity index (χ4v) is 1.80. The Bertz CT molecular complexity index is 248. The highest BCUT2D eigenvalue weighted by Crippen LogP contribution is 2.18. The first-order valence-corrected chi connectivity index (χ1v) is 5.70. The fourth-order valence-electron chi connectivity index (χ4n) is 1.80. The molecule has 0 bridgehead atoms. The van der Waals surface area contributed by atoms with Crippen molar-refractivity contribution < 1.29 is 19.1 Å². The first-order chi connectivity index (χ1) is 7.65. The number of ether oxygens (including phenoxy) is 2. The van der Waals surface area contributed by atoms with Crippen molar-refractivity contribution in [3.05, 3.63) is 0 Å². The van der Waals surface area contributed by atoms with E-state index in [0.717, 1.165) is 26.1 Å². The van der Waals surface area contributed by atoms with Crippen LogP contribution in [0.15, 0.2) is 0 Å². The minimum absolute atomic E-state index is 0.0131. The van der Waals surface area contributed by atoms with Gasteiger partial charge in [0.25, 0.3) is 0 Å². The molecule has 1 rings (SSSR count). The molecule has 16 heavy (non-hydrogen) atoms. The Morgan fingerprint density at radius 2 is 2.06 bits per heavy atom. The number of esters is 1. The molecule has 1 N–H and O–H groups in total. The molecule has 0 aliphatic carbocycles. The summed E-state index contributed by atoms with van der Waals surface area (Å²) in [6.07, 6.45) is 1.84. The molecule has 1 heterocycles. The van der Waals surface area contributed by atoms with Crippen molar-refractivity contribution in [1.82, 2.24) is 5.32 Å². The number of amides is 1. The molecule has 1 saturated heterocycles. The average molecular weight is 229 g/mol. The zero-order chi connectivity index (χ0) is 12.0. The van der Waals surface area contributed by atoms with Gasteiger partial charge < -0.3 is 14.8 Å². The van der Waals surface area contributed by atoms with E-state index in [1.807, 2.05) is 6.92 Å². The van der Waals surface area contributed by atoms with Crippen molar-refractivity contribution in [1.29, 1.82) is 0 Å². The van der Waals surface area contributed by atoms with E-state index in [1.165, 1.54) is 0 Å². The lowest BCUT2D eigenvalue weighted by molar-refractivity contribution is -0.155. The molecule has 92 valence electrons. The van der Waals surface area contributed by atoms with Gasteiger partial charge in [0.05, 0.1) is 6.61 Å². The topological polar surface area (TPSA) is 64.6 Å². The van der Waals surface area contributed by atoms with Crippen LogP contribution in [-0.4, -0.2) is 37.7 Å². The zero-order valence-corrected chi connectivity index (χ0v) is 9.82. The highest BCUT2D eigenvalue weighted by Gasteiger charge is 2.24. The van der Waals surface area contributed by atoms with Crippen LogP contribution in [0.5, 0.6) is 0 Å². The molecule has 1 fully saturated rings. The van der Waals surface area contributed by atoms with Crippen molar-refractivity contribution in [3.8, 4) is 0 Å². The van der Waals surface area contributed by atoms with Gasteiger partial charge in [-0.15, -0.1) is 0 Å². The Balaban J connectivity index is 2.34. The van der Waals surface area contributed by atoms with Gasteiger partial charge in [0, 0.05) is 19.3 Å². The first-order valence-electron chi connectivity index (χ1n) is 5.70. The van der Waals surface area contributed by atoms with Crippen LogP contribution in [0.1, 0.15) is 26.7 Å². The molecule has 0 aromatic rings. The maximum Gasteiger partial charge on any atom is 0.396 e.